The number of carbonyl (C=O) groups excluding carboxylic acids is 1. The number of fused-ring (bicyclic) bond motifs is 1. The molecule has 1 amide bonds. The number of amides is 1. The number of rotatable bonds is 5. The first-order valence-electron chi connectivity index (χ1n) is 7.46. The number of benzene rings is 1. The van der Waals surface area contributed by atoms with Crippen molar-refractivity contribution >= 4 is 44.0 Å². The third kappa shape index (κ3) is 3.44. The summed E-state index contributed by atoms with van der Waals surface area (Å²) in [5, 5.41) is 8.04. The van der Waals surface area contributed by atoms with Gasteiger partial charge in [-0.1, -0.05) is 25.2 Å². The molecule has 22 heavy (non-hydrogen) atoms. The zero-order valence-corrected chi connectivity index (χ0v) is 14.5. The van der Waals surface area contributed by atoms with Crippen molar-refractivity contribution in [2.24, 2.45) is 5.10 Å². The van der Waals surface area contributed by atoms with Crippen LogP contribution in [0.1, 0.15) is 44.7 Å². The number of hydrogen-bond acceptors (Lipinski definition) is 5. The maximum Gasteiger partial charge on any atom is 0.224 e. The third-order valence-electron chi connectivity index (χ3n) is 3.56. The lowest BCUT2D eigenvalue weighted by Crippen LogP contribution is -2.11. The Balaban J connectivity index is 2.40. The minimum Gasteiger partial charge on any atom is -0.326 e. The van der Waals surface area contributed by atoms with Crippen LogP contribution in [0.25, 0.3) is 10.2 Å². The standard InChI is InChI=1S/C16H22N4OS/c1-6-10(4)19-20-16-17-12-8-9(3)14(18-13(21)7-2)11(5)15(12)22-16/h8H,6-7H2,1-5H3,(H,17,20)(H,18,21)/b19-10+. The highest BCUT2D eigenvalue weighted by Crippen LogP contribution is 2.35. The molecule has 118 valence electrons. The Bertz CT molecular complexity index is 733. The summed E-state index contributed by atoms with van der Waals surface area (Å²) in [5.41, 5.74) is 7.94. The van der Waals surface area contributed by atoms with Crippen LogP contribution in [0.4, 0.5) is 10.8 Å². The molecule has 0 saturated carbocycles. The second kappa shape index (κ2) is 6.87. The number of nitrogens with zero attached hydrogens (tertiary/aromatic N) is 2. The molecule has 1 heterocycles. The van der Waals surface area contributed by atoms with Crippen molar-refractivity contribution in [3.63, 3.8) is 0 Å². The quantitative estimate of drug-likeness (QED) is 0.632. The van der Waals surface area contributed by atoms with Crippen LogP contribution in [-0.2, 0) is 4.79 Å². The van der Waals surface area contributed by atoms with Gasteiger partial charge in [-0.3, -0.25) is 10.2 Å². The number of nitrogens with one attached hydrogen (secondary N) is 2. The number of aromatic nitrogens is 1. The summed E-state index contributed by atoms with van der Waals surface area (Å²) in [6.45, 7) is 9.90. The molecular formula is C16H22N4OS. The van der Waals surface area contributed by atoms with E-state index >= 15 is 0 Å². The molecule has 0 unspecified atom stereocenters. The lowest BCUT2D eigenvalue weighted by molar-refractivity contribution is -0.115. The molecule has 0 fully saturated rings. The van der Waals surface area contributed by atoms with Gasteiger partial charge in [0.1, 0.15) is 0 Å². The van der Waals surface area contributed by atoms with Gasteiger partial charge in [0.25, 0.3) is 0 Å². The largest absolute Gasteiger partial charge is 0.326 e. The Morgan fingerprint density at radius 3 is 2.68 bits per heavy atom. The summed E-state index contributed by atoms with van der Waals surface area (Å²) in [7, 11) is 0. The van der Waals surface area contributed by atoms with Crippen LogP contribution in [0.2, 0.25) is 0 Å². The van der Waals surface area contributed by atoms with E-state index in [1.807, 2.05) is 33.8 Å². The molecule has 6 heteroatoms. The van der Waals surface area contributed by atoms with Gasteiger partial charge in [-0.05, 0) is 44.4 Å². The number of hydrazone groups is 1. The molecule has 0 spiro atoms. The zero-order chi connectivity index (χ0) is 16.3. The average molecular weight is 318 g/mol. The van der Waals surface area contributed by atoms with Crippen LogP contribution >= 0.6 is 11.3 Å². The second-order valence-corrected chi connectivity index (χ2v) is 6.27. The molecule has 1 aromatic heterocycles. The zero-order valence-electron chi connectivity index (χ0n) is 13.7. The maximum absolute atomic E-state index is 11.7. The summed E-state index contributed by atoms with van der Waals surface area (Å²) < 4.78 is 1.07. The second-order valence-electron chi connectivity index (χ2n) is 5.27. The van der Waals surface area contributed by atoms with Gasteiger partial charge in [-0.25, -0.2) is 4.98 Å². The van der Waals surface area contributed by atoms with Gasteiger partial charge in [0, 0.05) is 17.8 Å². The van der Waals surface area contributed by atoms with Gasteiger partial charge >= 0.3 is 0 Å². The molecule has 0 saturated heterocycles. The molecule has 0 atom stereocenters. The Hall–Kier alpha value is -1.95. The van der Waals surface area contributed by atoms with Gasteiger partial charge in [-0.2, -0.15) is 5.10 Å². The Morgan fingerprint density at radius 2 is 2.05 bits per heavy atom. The Kier molecular flexibility index (Phi) is 5.13. The summed E-state index contributed by atoms with van der Waals surface area (Å²) in [6, 6.07) is 2.01. The predicted octanol–water partition coefficient (Wildman–Crippen LogP) is 4.46. The Morgan fingerprint density at radius 1 is 1.32 bits per heavy atom. The van der Waals surface area contributed by atoms with Crippen molar-refractivity contribution in [3.05, 3.63) is 17.2 Å². The summed E-state index contributed by atoms with van der Waals surface area (Å²) in [6.07, 6.45) is 1.38. The van der Waals surface area contributed by atoms with E-state index in [2.05, 4.69) is 27.8 Å². The first kappa shape index (κ1) is 16.4. The number of thiazole rings is 1. The van der Waals surface area contributed by atoms with E-state index in [0.717, 1.165) is 44.3 Å². The maximum atomic E-state index is 11.7. The van der Waals surface area contributed by atoms with Crippen molar-refractivity contribution in [3.8, 4) is 0 Å². The van der Waals surface area contributed by atoms with Crippen molar-refractivity contribution in [1.29, 1.82) is 0 Å². The fourth-order valence-electron chi connectivity index (χ4n) is 2.08. The van der Waals surface area contributed by atoms with E-state index < -0.39 is 0 Å². The van der Waals surface area contributed by atoms with Crippen LogP contribution in [0.5, 0.6) is 0 Å². The van der Waals surface area contributed by atoms with E-state index in [1.165, 1.54) is 0 Å². The topological polar surface area (TPSA) is 66.4 Å². The molecule has 2 rings (SSSR count). The SMILES string of the molecule is CCC(=O)Nc1c(C)cc2nc(N/N=C(\C)CC)sc2c1C. The monoisotopic (exact) mass is 318 g/mol. The highest BCUT2D eigenvalue weighted by molar-refractivity contribution is 7.22. The van der Waals surface area contributed by atoms with Gasteiger partial charge in [0.2, 0.25) is 11.0 Å². The molecule has 2 N–H and O–H groups in total. The van der Waals surface area contributed by atoms with Crippen molar-refractivity contribution in [2.75, 3.05) is 10.7 Å². The smallest absolute Gasteiger partial charge is 0.224 e. The van der Waals surface area contributed by atoms with E-state index in [4.69, 9.17) is 0 Å². The molecular weight excluding hydrogens is 296 g/mol. The minimum absolute atomic E-state index is 0.0246. The molecule has 0 radical (unpaired) electrons. The van der Waals surface area contributed by atoms with Crippen molar-refractivity contribution in [2.45, 2.75) is 47.5 Å². The van der Waals surface area contributed by atoms with Crippen LogP contribution in [-0.4, -0.2) is 16.6 Å². The lowest BCUT2D eigenvalue weighted by atomic mass is 10.1. The molecule has 0 bridgehead atoms. The van der Waals surface area contributed by atoms with E-state index in [9.17, 15) is 4.79 Å². The first-order chi connectivity index (χ1) is 10.5. The van der Waals surface area contributed by atoms with Crippen LogP contribution < -0.4 is 10.7 Å². The van der Waals surface area contributed by atoms with Crippen LogP contribution in [0, 0.1) is 13.8 Å². The van der Waals surface area contributed by atoms with Gasteiger partial charge in [-0.15, -0.1) is 0 Å². The average Bonchev–Trinajstić information content (AvgIpc) is 2.91. The van der Waals surface area contributed by atoms with E-state index in [1.54, 1.807) is 11.3 Å². The summed E-state index contributed by atoms with van der Waals surface area (Å²) in [5.74, 6) is 0.0246. The van der Waals surface area contributed by atoms with Crippen molar-refractivity contribution in [1.82, 2.24) is 4.98 Å². The Labute approximate surface area is 134 Å². The van der Waals surface area contributed by atoms with Crippen molar-refractivity contribution < 1.29 is 4.79 Å². The van der Waals surface area contributed by atoms with E-state index in [0.29, 0.717) is 6.42 Å². The molecule has 0 aliphatic rings. The molecule has 0 aliphatic carbocycles. The predicted molar refractivity (Wildman–Crippen MR) is 95.0 cm³/mol. The number of aryl methyl sites for hydroxylation is 2. The summed E-state index contributed by atoms with van der Waals surface area (Å²) >= 11 is 1.55. The molecule has 1 aromatic carbocycles. The lowest BCUT2D eigenvalue weighted by Gasteiger charge is -2.11. The van der Waals surface area contributed by atoms with Crippen LogP contribution in [0.15, 0.2) is 11.2 Å². The highest BCUT2D eigenvalue weighted by Gasteiger charge is 2.13. The number of carbonyl (C=O) groups is 1. The number of anilines is 2. The van der Waals surface area contributed by atoms with E-state index in [-0.39, 0.29) is 5.91 Å². The van der Waals surface area contributed by atoms with Gasteiger partial charge < -0.3 is 5.32 Å². The fraction of sp³-hybridized carbons (Fsp3) is 0.438. The molecule has 0 aliphatic heterocycles. The highest BCUT2D eigenvalue weighted by atomic mass is 32.1. The normalized spacial score (nSPS) is 11.8. The van der Waals surface area contributed by atoms with Gasteiger partial charge in [0.05, 0.1) is 10.2 Å². The fourth-order valence-corrected chi connectivity index (χ4v) is 2.97. The van der Waals surface area contributed by atoms with Gasteiger partial charge in [0.15, 0.2) is 0 Å². The third-order valence-corrected chi connectivity index (χ3v) is 4.65. The molecule has 5 nitrogen and oxygen atoms in total. The summed E-state index contributed by atoms with van der Waals surface area (Å²) in [4.78, 5) is 16.3. The molecule has 2 aromatic rings. The number of hydrogen-bond donors (Lipinski definition) is 2. The van der Waals surface area contributed by atoms with Crippen LogP contribution in [0.3, 0.4) is 0 Å². The minimum atomic E-state index is 0.0246. The first-order valence-corrected chi connectivity index (χ1v) is 8.27.